The molecule has 2 fully saturated rings. The van der Waals surface area contributed by atoms with Crippen LogP contribution in [0.5, 0.6) is 0 Å². The van der Waals surface area contributed by atoms with E-state index in [9.17, 15) is 9.59 Å². The molecule has 0 radical (unpaired) electrons. The Morgan fingerprint density at radius 1 is 1.04 bits per heavy atom. The Kier molecular flexibility index (Phi) is 5.89. The molecule has 4 heteroatoms. The highest BCUT2D eigenvalue weighted by atomic mass is 16.6. The molecule has 1 heterocycles. The summed E-state index contributed by atoms with van der Waals surface area (Å²) in [6.07, 6.45) is 7.58. The Morgan fingerprint density at radius 2 is 1.83 bits per heavy atom. The predicted molar refractivity (Wildman–Crippen MR) is 92.6 cm³/mol. The van der Waals surface area contributed by atoms with Crippen molar-refractivity contribution in [3.05, 3.63) is 35.9 Å². The molecule has 1 saturated heterocycles. The van der Waals surface area contributed by atoms with Gasteiger partial charge >= 0.3 is 6.09 Å². The third-order valence-electron chi connectivity index (χ3n) is 5.31. The fourth-order valence-corrected chi connectivity index (χ4v) is 4.00. The first kappa shape index (κ1) is 17.0. The van der Waals surface area contributed by atoms with E-state index in [-0.39, 0.29) is 18.1 Å². The molecule has 0 N–H and O–H groups in total. The standard InChI is InChI=1S/C20H27NO3/c22-19-13-7-6-11-17(19)18-12-5-2-8-14-21(18)20(23)24-15-16-9-3-1-4-10-16/h1,3-4,9-10,17-18H,2,5-8,11-15H2. The molecule has 4 nitrogen and oxygen atoms in total. The third-order valence-corrected chi connectivity index (χ3v) is 5.31. The molecule has 1 amide bonds. The predicted octanol–water partition coefficient (Wildman–Crippen LogP) is 4.33. The first-order chi connectivity index (χ1) is 11.8. The van der Waals surface area contributed by atoms with E-state index in [0.29, 0.717) is 25.4 Å². The van der Waals surface area contributed by atoms with Crippen molar-refractivity contribution in [2.24, 2.45) is 5.92 Å². The van der Waals surface area contributed by atoms with Crippen molar-refractivity contribution < 1.29 is 14.3 Å². The molecule has 130 valence electrons. The second-order valence-electron chi connectivity index (χ2n) is 6.97. The zero-order valence-corrected chi connectivity index (χ0v) is 14.3. The number of carbonyl (C=O) groups excluding carboxylic acids is 2. The highest BCUT2D eigenvalue weighted by molar-refractivity contribution is 5.83. The van der Waals surface area contributed by atoms with Crippen molar-refractivity contribution in [3.8, 4) is 0 Å². The summed E-state index contributed by atoms with van der Waals surface area (Å²) < 4.78 is 5.56. The quantitative estimate of drug-likeness (QED) is 0.829. The summed E-state index contributed by atoms with van der Waals surface area (Å²) in [4.78, 5) is 26.9. The van der Waals surface area contributed by atoms with Gasteiger partial charge in [0, 0.05) is 24.9 Å². The molecule has 1 aromatic carbocycles. The number of nitrogens with zero attached hydrogens (tertiary/aromatic N) is 1. The molecule has 1 aliphatic heterocycles. The van der Waals surface area contributed by atoms with Gasteiger partial charge in [0.1, 0.15) is 12.4 Å². The Bertz CT molecular complexity index is 557. The molecule has 1 aromatic rings. The number of hydrogen-bond acceptors (Lipinski definition) is 3. The Balaban J connectivity index is 1.67. The van der Waals surface area contributed by atoms with Crippen LogP contribution in [0.4, 0.5) is 4.79 Å². The van der Waals surface area contributed by atoms with Gasteiger partial charge in [-0.15, -0.1) is 0 Å². The summed E-state index contributed by atoms with van der Waals surface area (Å²) in [5, 5.41) is 0. The van der Waals surface area contributed by atoms with Gasteiger partial charge in [0.2, 0.25) is 0 Å². The Labute approximate surface area is 144 Å². The zero-order valence-electron chi connectivity index (χ0n) is 14.3. The molecule has 1 aliphatic carbocycles. The molecule has 2 atom stereocenters. The van der Waals surface area contributed by atoms with E-state index in [1.807, 2.05) is 35.2 Å². The monoisotopic (exact) mass is 329 g/mol. The molecule has 0 spiro atoms. The van der Waals surface area contributed by atoms with Crippen molar-refractivity contribution in [2.45, 2.75) is 64.0 Å². The SMILES string of the molecule is O=C1CCCCC1C1CCCCCN1C(=O)OCc1ccccc1. The van der Waals surface area contributed by atoms with Gasteiger partial charge < -0.3 is 9.64 Å². The number of amides is 1. The van der Waals surface area contributed by atoms with Crippen molar-refractivity contribution in [1.29, 1.82) is 0 Å². The minimum absolute atomic E-state index is 0.0149. The normalized spacial score (nSPS) is 25.2. The maximum absolute atomic E-state index is 12.7. The van der Waals surface area contributed by atoms with Crippen LogP contribution in [0.2, 0.25) is 0 Å². The fourth-order valence-electron chi connectivity index (χ4n) is 4.00. The van der Waals surface area contributed by atoms with Crippen molar-refractivity contribution in [2.75, 3.05) is 6.54 Å². The maximum Gasteiger partial charge on any atom is 0.410 e. The number of hydrogen-bond donors (Lipinski definition) is 0. The second-order valence-corrected chi connectivity index (χ2v) is 6.97. The number of ketones is 1. The zero-order chi connectivity index (χ0) is 16.8. The van der Waals surface area contributed by atoms with E-state index in [1.165, 1.54) is 0 Å². The molecule has 0 bridgehead atoms. The lowest BCUT2D eigenvalue weighted by Gasteiger charge is -2.36. The van der Waals surface area contributed by atoms with Gasteiger partial charge in [-0.2, -0.15) is 0 Å². The van der Waals surface area contributed by atoms with Gasteiger partial charge in [-0.3, -0.25) is 4.79 Å². The van der Waals surface area contributed by atoms with E-state index >= 15 is 0 Å². The molecular formula is C20H27NO3. The number of Topliss-reactive ketones (excluding diaryl/α,β-unsaturated/α-hetero) is 1. The second kappa shape index (κ2) is 8.32. The van der Waals surface area contributed by atoms with Gasteiger partial charge in [-0.25, -0.2) is 4.79 Å². The van der Waals surface area contributed by atoms with Gasteiger partial charge in [0.05, 0.1) is 0 Å². The highest BCUT2D eigenvalue weighted by Gasteiger charge is 2.37. The van der Waals surface area contributed by atoms with Crippen molar-refractivity contribution in [1.82, 2.24) is 4.90 Å². The first-order valence-corrected chi connectivity index (χ1v) is 9.26. The van der Waals surface area contributed by atoms with Crippen LogP contribution in [0, 0.1) is 5.92 Å². The number of carbonyl (C=O) groups is 2. The molecule has 2 aliphatic rings. The molecule has 3 rings (SSSR count). The highest BCUT2D eigenvalue weighted by Crippen LogP contribution is 2.31. The van der Waals surface area contributed by atoms with Crippen LogP contribution < -0.4 is 0 Å². The van der Waals surface area contributed by atoms with E-state index in [4.69, 9.17) is 4.74 Å². The maximum atomic E-state index is 12.7. The number of likely N-dealkylation sites (tertiary alicyclic amines) is 1. The Hall–Kier alpha value is -1.84. The van der Waals surface area contributed by atoms with E-state index in [2.05, 4.69) is 0 Å². The lowest BCUT2D eigenvalue weighted by Crippen LogP contribution is -2.47. The summed E-state index contributed by atoms with van der Waals surface area (Å²) >= 11 is 0. The van der Waals surface area contributed by atoms with Crippen molar-refractivity contribution in [3.63, 3.8) is 0 Å². The number of rotatable bonds is 3. The van der Waals surface area contributed by atoms with E-state index in [0.717, 1.165) is 50.5 Å². The van der Waals surface area contributed by atoms with Crippen molar-refractivity contribution >= 4 is 11.9 Å². The van der Waals surface area contributed by atoms with Gasteiger partial charge in [-0.05, 0) is 31.2 Å². The fraction of sp³-hybridized carbons (Fsp3) is 0.600. The molecule has 0 aromatic heterocycles. The van der Waals surface area contributed by atoms with Crippen LogP contribution in [-0.4, -0.2) is 29.4 Å². The van der Waals surface area contributed by atoms with Gasteiger partial charge in [-0.1, -0.05) is 49.6 Å². The van der Waals surface area contributed by atoms with Crippen LogP contribution in [0.1, 0.15) is 56.9 Å². The minimum Gasteiger partial charge on any atom is -0.445 e. The van der Waals surface area contributed by atoms with Crippen LogP contribution >= 0.6 is 0 Å². The average molecular weight is 329 g/mol. The lowest BCUT2D eigenvalue weighted by molar-refractivity contribution is -0.126. The van der Waals surface area contributed by atoms with Crippen LogP contribution in [0.25, 0.3) is 0 Å². The summed E-state index contributed by atoms with van der Waals surface area (Å²) in [5.41, 5.74) is 0.992. The average Bonchev–Trinajstić information content (AvgIpc) is 2.87. The smallest absolute Gasteiger partial charge is 0.410 e. The lowest BCUT2D eigenvalue weighted by atomic mass is 9.80. The van der Waals surface area contributed by atoms with Crippen LogP contribution in [0.15, 0.2) is 30.3 Å². The summed E-state index contributed by atoms with van der Waals surface area (Å²) in [7, 11) is 0. The topological polar surface area (TPSA) is 46.6 Å². The third kappa shape index (κ3) is 4.16. The van der Waals surface area contributed by atoms with E-state index in [1.54, 1.807) is 0 Å². The van der Waals surface area contributed by atoms with Crippen LogP contribution in [-0.2, 0) is 16.1 Å². The molecule has 1 saturated carbocycles. The molecule has 24 heavy (non-hydrogen) atoms. The number of benzene rings is 1. The summed E-state index contributed by atoms with van der Waals surface area (Å²) in [6.45, 7) is 1.00. The molecule has 2 unspecified atom stereocenters. The first-order valence-electron chi connectivity index (χ1n) is 9.26. The number of ether oxygens (including phenoxy) is 1. The largest absolute Gasteiger partial charge is 0.445 e. The minimum atomic E-state index is -0.260. The van der Waals surface area contributed by atoms with E-state index < -0.39 is 0 Å². The van der Waals surface area contributed by atoms with Gasteiger partial charge in [0.25, 0.3) is 0 Å². The summed E-state index contributed by atoms with van der Waals surface area (Å²) in [6, 6.07) is 9.78. The Morgan fingerprint density at radius 3 is 2.62 bits per heavy atom. The summed E-state index contributed by atoms with van der Waals surface area (Å²) in [5.74, 6) is 0.357. The molecular weight excluding hydrogens is 302 g/mol. The van der Waals surface area contributed by atoms with Gasteiger partial charge in [0.15, 0.2) is 0 Å². The van der Waals surface area contributed by atoms with Crippen LogP contribution in [0.3, 0.4) is 0 Å².